The molecule has 0 amide bonds. The van der Waals surface area contributed by atoms with Crippen molar-refractivity contribution in [1.29, 1.82) is 0 Å². The highest BCUT2D eigenvalue weighted by Gasteiger charge is 2.25. The van der Waals surface area contributed by atoms with Crippen molar-refractivity contribution in [2.45, 2.75) is 52.1 Å². The van der Waals surface area contributed by atoms with Gasteiger partial charge in [0.1, 0.15) is 6.61 Å². The van der Waals surface area contributed by atoms with Gasteiger partial charge in [0, 0.05) is 5.56 Å². The number of rotatable bonds is 7. The molecule has 1 fully saturated rings. The molecule has 2 aromatic carbocycles. The van der Waals surface area contributed by atoms with E-state index in [1.54, 1.807) is 36.4 Å². The molecule has 2 aromatic rings. The summed E-state index contributed by atoms with van der Waals surface area (Å²) in [6, 6.07) is 9.92. The van der Waals surface area contributed by atoms with E-state index in [4.69, 9.17) is 4.74 Å². The van der Waals surface area contributed by atoms with Crippen molar-refractivity contribution in [3.05, 3.63) is 95.3 Å². The van der Waals surface area contributed by atoms with Crippen LogP contribution in [0, 0.1) is 17.6 Å². The van der Waals surface area contributed by atoms with E-state index in [0.29, 0.717) is 22.6 Å². The maximum atomic E-state index is 14.9. The third kappa shape index (κ3) is 5.32. The van der Waals surface area contributed by atoms with Crippen molar-refractivity contribution in [3.63, 3.8) is 0 Å². The molecule has 0 N–H and O–H groups in total. The van der Waals surface area contributed by atoms with Crippen LogP contribution in [0.2, 0.25) is 0 Å². The fourth-order valence-electron chi connectivity index (χ4n) is 4.00. The van der Waals surface area contributed by atoms with Gasteiger partial charge in [-0.15, -0.1) is 0 Å². The van der Waals surface area contributed by atoms with Crippen LogP contribution >= 0.6 is 0 Å². The summed E-state index contributed by atoms with van der Waals surface area (Å²) in [6.07, 6.45) is 3.82. The molecule has 0 radical (unpaired) electrons. The molecule has 32 heavy (non-hydrogen) atoms. The Balaban J connectivity index is 1.71. The summed E-state index contributed by atoms with van der Waals surface area (Å²) in [4.78, 5) is 0. The molecule has 5 heteroatoms. The van der Waals surface area contributed by atoms with Crippen LogP contribution in [0.3, 0.4) is 0 Å². The van der Waals surface area contributed by atoms with Gasteiger partial charge in [-0.1, -0.05) is 69.3 Å². The molecule has 1 aliphatic rings. The lowest BCUT2D eigenvalue weighted by Gasteiger charge is -2.27. The molecule has 0 aromatic heterocycles. The van der Waals surface area contributed by atoms with E-state index in [9.17, 15) is 17.6 Å². The van der Waals surface area contributed by atoms with Gasteiger partial charge in [-0.2, -0.15) is 4.39 Å². The SMILES string of the molecule is C=C(C)/C(F)=C(/F)C(=C)OCc1ccc(-c2ccc(C3CCC(C)CC3)c(F)c2F)cc1. The standard InChI is InChI=1S/C27H28F4O/c1-16(2)24(28)25(29)18(4)32-15-19-7-11-21(12-8-19)23-14-13-22(26(30)27(23)31)20-9-5-17(3)6-10-20/h7-8,11-14,17,20H,1,4-6,9-10,15H2,2-3H3/b25-24-. The molecular formula is C27H28F4O. The van der Waals surface area contributed by atoms with Crippen LogP contribution in [-0.4, -0.2) is 0 Å². The summed E-state index contributed by atoms with van der Waals surface area (Å²) >= 11 is 0. The van der Waals surface area contributed by atoms with E-state index in [1.807, 2.05) is 0 Å². The largest absolute Gasteiger partial charge is 0.486 e. The third-order valence-corrected chi connectivity index (χ3v) is 6.06. The van der Waals surface area contributed by atoms with E-state index >= 15 is 0 Å². The molecule has 0 aliphatic heterocycles. The maximum absolute atomic E-state index is 14.9. The lowest BCUT2D eigenvalue weighted by Crippen LogP contribution is -2.13. The predicted molar refractivity (Wildman–Crippen MR) is 120 cm³/mol. The van der Waals surface area contributed by atoms with Gasteiger partial charge in [0.25, 0.3) is 0 Å². The van der Waals surface area contributed by atoms with Crippen LogP contribution in [0.5, 0.6) is 0 Å². The quantitative estimate of drug-likeness (QED) is 0.236. The molecule has 1 aliphatic carbocycles. The molecule has 0 heterocycles. The average Bonchev–Trinajstić information content (AvgIpc) is 2.79. The van der Waals surface area contributed by atoms with Crippen LogP contribution < -0.4 is 0 Å². The Labute approximate surface area is 187 Å². The number of halogens is 4. The smallest absolute Gasteiger partial charge is 0.200 e. The van der Waals surface area contributed by atoms with Gasteiger partial charge in [-0.25, -0.2) is 13.2 Å². The van der Waals surface area contributed by atoms with Gasteiger partial charge in [-0.3, -0.25) is 0 Å². The molecular weight excluding hydrogens is 416 g/mol. The summed E-state index contributed by atoms with van der Waals surface area (Å²) in [5, 5.41) is 0. The van der Waals surface area contributed by atoms with E-state index in [-0.39, 0.29) is 23.7 Å². The van der Waals surface area contributed by atoms with Crippen LogP contribution in [-0.2, 0) is 11.3 Å². The van der Waals surface area contributed by atoms with Gasteiger partial charge >= 0.3 is 0 Å². The van der Waals surface area contributed by atoms with Crippen molar-refractivity contribution in [3.8, 4) is 11.1 Å². The highest BCUT2D eigenvalue weighted by atomic mass is 19.2. The zero-order valence-corrected chi connectivity index (χ0v) is 18.5. The van der Waals surface area contributed by atoms with Crippen molar-refractivity contribution in [2.75, 3.05) is 0 Å². The van der Waals surface area contributed by atoms with Crippen molar-refractivity contribution in [2.24, 2.45) is 5.92 Å². The van der Waals surface area contributed by atoms with E-state index in [2.05, 4.69) is 20.1 Å². The Kier molecular flexibility index (Phi) is 7.60. The third-order valence-electron chi connectivity index (χ3n) is 6.06. The Morgan fingerprint density at radius 3 is 2.12 bits per heavy atom. The van der Waals surface area contributed by atoms with Crippen LogP contribution in [0.4, 0.5) is 17.6 Å². The van der Waals surface area contributed by atoms with Gasteiger partial charge in [-0.05, 0) is 53.9 Å². The first kappa shape index (κ1) is 23.8. The first-order valence-corrected chi connectivity index (χ1v) is 10.8. The first-order chi connectivity index (χ1) is 15.2. The Morgan fingerprint density at radius 1 is 0.906 bits per heavy atom. The first-order valence-electron chi connectivity index (χ1n) is 10.8. The number of allylic oxidation sites excluding steroid dienone is 3. The van der Waals surface area contributed by atoms with E-state index in [0.717, 1.165) is 25.7 Å². The Bertz CT molecular complexity index is 1030. The average molecular weight is 445 g/mol. The number of benzene rings is 2. The summed E-state index contributed by atoms with van der Waals surface area (Å²) in [5.41, 5.74) is 1.75. The fraction of sp³-hybridized carbons (Fsp3) is 0.333. The summed E-state index contributed by atoms with van der Waals surface area (Å²) in [6.45, 7) is 10.2. The molecule has 170 valence electrons. The fourth-order valence-corrected chi connectivity index (χ4v) is 4.00. The van der Waals surface area contributed by atoms with Gasteiger partial charge in [0.05, 0.1) is 0 Å². The van der Waals surface area contributed by atoms with Gasteiger partial charge < -0.3 is 4.74 Å². The van der Waals surface area contributed by atoms with E-state index < -0.39 is 29.0 Å². The predicted octanol–water partition coefficient (Wildman–Crippen LogP) is 8.68. The van der Waals surface area contributed by atoms with Crippen LogP contribution in [0.25, 0.3) is 11.1 Å². The zero-order chi connectivity index (χ0) is 23.4. The highest BCUT2D eigenvalue weighted by Crippen LogP contribution is 2.38. The topological polar surface area (TPSA) is 9.23 Å². The van der Waals surface area contributed by atoms with Crippen LogP contribution in [0.1, 0.15) is 56.6 Å². The van der Waals surface area contributed by atoms with Gasteiger partial charge in [0.15, 0.2) is 29.0 Å². The minimum absolute atomic E-state index is 0.0497. The molecule has 0 unspecified atom stereocenters. The summed E-state index contributed by atoms with van der Waals surface area (Å²) in [5.74, 6) is -3.65. The normalized spacial score (nSPS) is 19.3. The minimum atomic E-state index is -1.20. The minimum Gasteiger partial charge on any atom is -0.486 e. The molecule has 0 spiro atoms. The lowest BCUT2D eigenvalue weighted by atomic mass is 9.79. The van der Waals surface area contributed by atoms with Crippen molar-refractivity contribution < 1.29 is 22.3 Å². The monoisotopic (exact) mass is 444 g/mol. The van der Waals surface area contributed by atoms with Crippen molar-refractivity contribution in [1.82, 2.24) is 0 Å². The van der Waals surface area contributed by atoms with Crippen LogP contribution in [0.15, 0.2) is 72.5 Å². The molecule has 1 nitrogen and oxygen atoms in total. The molecule has 0 atom stereocenters. The van der Waals surface area contributed by atoms with Gasteiger partial charge in [0.2, 0.25) is 0 Å². The Hall–Kier alpha value is -2.82. The molecule has 1 saturated carbocycles. The van der Waals surface area contributed by atoms with Crippen molar-refractivity contribution >= 4 is 0 Å². The molecule has 3 rings (SSSR count). The number of hydrogen-bond acceptors (Lipinski definition) is 1. The second-order valence-corrected chi connectivity index (χ2v) is 8.60. The van der Waals surface area contributed by atoms with E-state index in [1.165, 1.54) is 6.92 Å². The lowest BCUT2D eigenvalue weighted by molar-refractivity contribution is 0.195. The molecule has 0 saturated heterocycles. The number of ether oxygens (including phenoxy) is 1. The Morgan fingerprint density at radius 2 is 1.53 bits per heavy atom. The second kappa shape index (κ2) is 10.2. The maximum Gasteiger partial charge on any atom is 0.200 e. The zero-order valence-electron chi connectivity index (χ0n) is 18.5. The highest BCUT2D eigenvalue weighted by molar-refractivity contribution is 5.65. The molecule has 0 bridgehead atoms. The number of hydrogen-bond donors (Lipinski definition) is 0. The summed E-state index contributed by atoms with van der Waals surface area (Å²) in [7, 11) is 0. The summed E-state index contributed by atoms with van der Waals surface area (Å²) < 4.78 is 62.3. The second-order valence-electron chi connectivity index (χ2n) is 8.60.